The van der Waals surface area contributed by atoms with Gasteiger partial charge in [0.25, 0.3) is 0 Å². The predicted octanol–water partition coefficient (Wildman–Crippen LogP) is 3.56. The predicted molar refractivity (Wildman–Crippen MR) is 109 cm³/mol. The van der Waals surface area contributed by atoms with Gasteiger partial charge in [-0.15, -0.1) is 0 Å². The highest BCUT2D eigenvalue weighted by molar-refractivity contribution is 7.81. The molecule has 0 aliphatic rings. The number of carbonyl (C=O) groups excluding carboxylic acids is 1. The lowest BCUT2D eigenvalue weighted by Gasteiger charge is -2.32. The maximum atomic E-state index is 11.8. The van der Waals surface area contributed by atoms with E-state index in [1.54, 1.807) is 38.9 Å². The van der Waals surface area contributed by atoms with E-state index < -0.39 is 4.75 Å². The monoisotopic (exact) mass is 398 g/mol. The summed E-state index contributed by atoms with van der Waals surface area (Å²) in [7, 11) is 4.59. The fourth-order valence-electron chi connectivity index (χ4n) is 3.12. The molecule has 3 aromatic rings. The number of ether oxygens (including phenoxy) is 3. The number of hydrogen-bond acceptors (Lipinski definition) is 6. The molecule has 0 aliphatic heterocycles. The molecule has 1 aromatic heterocycles. The summed E-state index contributed by atoms with van der Waals surface area (Å²) in [5.41, 5.74) is 2.26. The lowest BCUT2D eigenvalue weighted by molar-refractivity contribution is 0.0600. The van der Waals surface area contributed by atoms with Crippen LogP contribution in [0.1, 0.15) is 21.5 Å². The number of rotatable bonds is 7. The Labute approximate surface area is 169 Å². The molecule has 0 spiro atoms. The molecule has 2 aromatic carbocycles. The van der Waals surface area contributed by atoms with Gasteiger partial charge in [-0.25, -0.2) is 9.78 Å². The van der Waals surface area contributed by atoms with Gasteiger partial charge in [-0.05, 0) is 29.8 Å². The fourth-order valence-corrected chi connectivity index (χ4v) is 3.61. The molecule has 0 fully saturated rings. The van der Waals surface area contributed by atoms with Crippen LogP contribution in [0.4, 0.5) is 0 Å². The largest absolute Gasteiger partial charge is 0.497 e. The summed E-state index contributed by atoms with van der Waals surface area (Å²) in [6.45, 7) is 0.510. The van der Waals surface area contributed by atoms with Crippen LogP contribution in [0.15, 0.2) is 61.2 Å². The molecule has 0 aliphatic carbocycles. The van der Waals surface area contributed by atoms with Crippen LogP contribution < -0.4 is 9.47 Å². The van der Waals surface area contributed by atoms with E-state index in [0.29, 0.717) is 23.6 Å². The second-order valence-corrected chi connectivity index (χ2v) is 6.99. The van der Waals surface area contributed by atoms with Gasteiger partial charge in [0.1, 0.15) is 11.5 Å². The molecule has 1 heterocycles. The topological polar surface area (TPSA) is 62.6 Å². The molecule has 1 unspecified atom stereocenters. The average molecular weight is 398 g/mol. The van der Waals surface area contributed by atoms with Crippen LogP contribution in [0.25, 0.3) is 0 Å². The normalized spacial score (nSPS) is 12.9. The Bertz CT molecular complexity index is 942. The zero-order valence-electron chi connectivity index (χ0n) is 16.0. The van der Waals surface area contributed by atoms with Crippen molar-refractivity contribution in [3.05, 3.63) is 77.9 Å². The summed E-state index contributed by atoms with van der Waals surface area (Å²) in [5.74, 6) is 0.972. The highest BCUT2D eigenvalue weighted by atomic mass is 32.1. The molecule has 6 nitrogen and oxygen atoms in total. The van der Waals surface area contributed by atoms with Crippen LogP contribution in [0, 0.1) is 0 Å². The van der Waals surface area contributed by atoms with E-state index in [4.69, 9.17) is 26.8 Å². The summed E-state index contributed by atoms with van der Waals surface area (Å²) in [4.78, 5) is 15.9. The van der Waals surface area contributed by atoms with Crippen molar-refractivity contribution < 1.29 is 19.0 Å². The van der Waals surface area contributed by atoms with Crippen molar-refractivity contribution in [1.82, 2.24) is 9.55 Å². The molecule has 3 rings (SSSR count). The minimum absolute atomic E-state index is 0.382. The Morgan fingerprint density at radius 2 is 1.86 bits per heavy atom. The molecule has 146 valence electrons. The third kappa shape index (κ3) is 3.84. The highest BCUT2D eigenvalue weighted by Crippen LogP contribution is 2.43. The van der Waals surface area contributed by atoms with E-state index in [-0.39, 0.29) is 5.97 Å². The molecule has 1 atom stereocenters. The second-order valence-electron chi connectivity index (χ2n) is 6.23. The molecule has 0 bridgehead atoms. The first-order valence-corrected chi connectivity index (χ1v) is 9.06. The average Bonchev–Trinajstić information content (AvgIpc) is 3.25. The molecule has 0 saturated heterocycles. The van der Waals surface area contributed by atoms with E-state index >= 15 is 0 Å². The molecule has 0 N–H and O–H groups in total. The van der Waals surface area contributed by atoms with Gasteiger partial charge in [-0.2, -0.15) is 12.6 Å². The summed E-state index contributed by atoms with van der Waals surface area (Å²) >= 11 is 5.09. The maximum Gasteiger partial charge on any atom is 0.337 e. The van der Waals surface area contributed by atoms with Gasteiger partial charge < -0.3 is 18.8 Å². The first kappa shape index (κ1) is 19.8. The van der Waals surface area contributed by atoms with Crippen LogP contribution in [0.2, 0.25) is 0 Å². The van der Waals surface area contributed by atoms with E-state index in [9.17, 15) is 4.79 Å². The van der Waals surface area contributed by atoms with Crippen LogP contribution in [0.3, 0.4) is 0 Å². The zero-order chi connectivity index (χ0) is 20.1. The van der Waals surface area contributed by atoms with Crippen LogP contribution in [-0.4, -0.2) is 36.8 Å². The van der Waals surface area contributed by atoms with Crippen LogP contribution >= 0.6 is 12.6 Å². The lowest BCUT2D eigenvalue weighted by atomic mass is 9.88. The van der Waals surface area contributed by atoms with Crippen molar-refractivity contribution in [2.75, 3.05) is 21.3 Å². The third-order valence-corrected chi connectivity index (χ3v) is 5.25. The van der Waals surface area contributed by atoms with Crippen molar-refractivity contribution in [1.29, 1.82) is 0 Å². The van der Waals surface area contributed by atoms with Gasteiger partial charge in [0.05, 0.1) is 38.0 Å². The van der Waals surface area contributed by atoms with E-state index in [0.717, 1.165) is 11.1 Å². The second kappa shape index (κ2) is 8.39. The van der Waals surface area contributed by atoms with E-state index in [2.05, 4.69) is 4.98 Å². The number of nitrogens with zero attached hydrogens (tertiary/aromatic N) is 2. The minimum atomic E-state index is -0.743. The first-order valence-electron chi connectivity index (χ1n) is 8.61. The summed E-state index contributed by atoms with van der Waals surface area (Å²) in [5, 5.41) is 0. The van der Waals surface area contributed by atoms with Crippen molar-refractivity contribution in [3.8, 4) is 11.5 Å². The molecule has 0 amide bonds. The smallest absolute Gasteiger partial charge is 0.337 e. The number of methoxy groups -OCH3 is 3. The number of hydrogen-bond donors (Lipinski definition) is 1. The van der Waals surface area contributed by atoms with Crippen molar-refractivity contribution in [3.63, 3.8) is 0 Å². The summed E-state index contributed by atoms with van der Waals surface area (Å²) in [6.07, 6.45) is 5.34. The van der Waals surface area contributed by atoms with Crippen molar-refractivity contribution >= 4 is 18.6 Å². The van der Waals surface area contributed by atoms with Gasteiger partial charge in [0.15, 0.2) is 0 Å². The quantitative estimate of drug-likeness (QED) is 0.487. The zero-order valence-corrected chi connectivity index (χ0v) is 16.8. The number of imidazole rings is 1. The van der Waals surface area contributed by atoms with Crippen molar-refractivity contribution in [2.45, 2.75) is 11.3 Å². The molecular formula is C21H22N2O4S. The Hall–Kier alpha value is -2.93. The van der Waals surface area contributed by atoms with Gasteiger partial charge in [-0.1, -0.05) is 12.1 Å². The van der Waals surface area contributed by atoms with Gasteiger partial charge in [0, 0.05) is 30.6 Å². The van der Waals surface area contributed by atoms with Crippen LogP contribution in [0.5, 0.6) is 11.5 Å². The maximum absolute atomic E-state index is 11.8. The third-order valence-electron chi connectivity index (χ3n) is 4.61. The highest BCUT2D eigenvalue weighted by Gasteiger charge is 2.34. The van der Waals surface area contributed by atoms with Gasteiger partial charge in [-0.3, -0.25) is 0 Å². The Morgan fingerprint density at radius 1 is 1.11 bits per heavy atom. The molecule has 7 heteroatoms. The number of thiol groups is 1. The summed E-state index contributed by atoms with van der Waals surface area (Å²) in [6, 6.07) is 12.9. The molecule has 0 saturated carbocycles. The Morgan fingerprint density at radius 3 is 2.43 bits per heavy atom. The Kier molecular flexibility index (Phi) is 5.94. The molecule has 0 radical (unpaired) electrons. The molecule has 28 heavy (non-hydrogen) atoms. The first-order chi connectivity index (χ1) is 13.5. The SMILES string of the molecule is COC(=O)c1ccc(C(S)(Cn2ccnc2)c2ccc(OC)cc2OC)cc1. The number of benzene rings is 2. The van der Waals surface area contributed by atoms with Gasteiger partial charge in [0.2, 0.25) is 0 Å². The van der Waals surface area contributed by atoms with Crippen molar-refractivity contribution in [2.24, 2.45) is 0 Å². The Balaban J connectivity index is 2.12. The van der Waals surface area contributed by atoms with Gasteiger partial charge >= 0.3 is 5.97 Å². The standard InChI is InChI=1S/C21H22N2O4S/c1-25-17-8-9-18(19(12-17)26-2)21(28,13-23-11-10-22-14-23)16-6-4-15(5-7-16)20(24)27-3/h4-12,14,28H,13H2,1-3H3. The minimum Gasteiger partial charge on any atom is -0.497 e. The lowest BCUT2D eigenvalue weighted by Crippen LogP contribution is -2.27. The van der Waals surface area contributed by atoms with E-state index in [1.807, 2.05) is 41.1 Å². The van der Waals surface area contributed by atoms with Crippen LogP contribution in [-0.2, 0) is 16.0 Å². The number of carbonyl (C=O) groups is 1. The fraction of sp³-hybridized carbons (Fsp3) is 0.238. The molecular weight excluding hydrogens is 376 g/mol. The van der Waals surface area contributed by atoms with E-state index in [1.165, 1.54) is 7.11 Å². The number of esters is 1. The summed E-state index contributed by atoms with van der Waals surface area (Å²) < 4.78 is 16.9. The number of aromatic nitrogens is 2.